The number of rotatable bonds is 7. The second-order valence-corrected chi connectivity index (χ2v) is 6.74. The predicted octanol–water partition coefficient (Wildman–Crippen LogP) is 1.14. The Morgan fingerprint density at radius 3 is 2.58 bits per heavy atom. The Bertz CT molecular complexity index is 420. The van der Waals surface area contributed by atoms with Crippen LogP contribution < -0.4 is 10.1 Å². The molecule has 0 aliphatic rings. The summed E-state index contributed by atoms with van der Waals surface area (Å²) in [6.45, 7) is 6.16. The molecule has 1 aromatic rings. The summed E-state index contributed by atoms with van der Waals surface area (Å²) in [5.74, 6) is 0.0522. The van der Waals surface area contributed by atoms with E-state index in [2.05, 4.69) is 0 Å². The van der Waals surface area contributed by atoms with Gasteiger partial charge in [0.1, 0.15) is 0 Å². The molecule has 0 aromatic heterocycles. The fraction of sp³-hybridized carbons (Fsp3) is 0.500. The second-order valence-electron chi connectivity index (χ2n) is 4.13. The zero-order chi connectivity index (χ0) is 14.3. The molecule has 1 rings (SSSR count). The molecule has 19 heavy (non-hydrogen) atoms. The van der Waals surface area contributed by atoms with Gasteiger partial charge in [-0.1, -0.05) is 0 Å². The Hall–Kier alpha value is -0.992. The van der Waals surface area contributed by atoms with Crippen LogP contribution >= 0.6 is 0 Å². The number of benzene rings is 1. The molecule has 0 saturated carbocycles. The maximum atomic E-state index is 12.2. The first-order chi connectivity index (χ1) is 9.13. The van der Waals surface area contributed by atoms with E-state index in [1.807, 2.05) is 26.0 Å². The van der Waals surface area contributed by atoms with Gasteiger partial charge in [-0.2, -0.15) is 0 Å². The molecule has 0 bridgehead atoms. The van der Waals surface area contributed by atoms with Crippen LogP contribution in [0.15, 0.2) is 18.2 Å². The van der Waals surface area contributed by atoms with Crippen molar-refractivity contribution < 1.29 is 9.53 Å². The van der Waals surface area contributed by atoms with Crippen molar-refractivity contribution in [2.45, 2.75) is 19.1 Å². The van der Waals surface area contributed by atoms with E-state index in [-0.39, 0.29) is 21.7 Å². The Kier molecular flexibility index (Phi) is 6.96. The Balaban J connectivity index is 2.78. The molecule has 0 aliphatic carbocycles. The van der Waals surface area contributed by atoms with Crippen molar-refractivity contribution in [2.24, 2.45) is 0 Å². The van der Waals surface area contributed by atoms with Crippen molar-refractivity contribution in [2.75, 3.05) is 32.5 Å². The number of anilines is 1. The van der Waals surface area contributed by atoms with Crippen molar-refractivity contribution in [1.29, 1.82) is 0 Å². The van der Waals surface area contributed by atoms with E-state index in [0.29, 0.717) is 5.56 Å². The summed E-state index contributed by atoms with van der Waals surface area (Å²) in [6, 6.07) is 5.68. The van der Waals surface area contributed by atoms with Gasteiger partial charge in [-0.3, -0.25) is 0 Å². The Labute approximate surface area is 122 Å². The number of methoxy groups -OCH3 is 1. The van der Waals surface area contributed by atoms with E-state index in [1.165, 1.54) is 4.35 Å². The third kappa shape index (κ3) is 4.55. The summed E-state index contributed by atoms with van der Waals surface area (Å²) in [5, 5.41) is 1.03. The predicted molar refractivity (Wildman–Crippen MR) is 80.2 cm³/mol. The van der Waals surface area contributed by atoms with Gasteiger partial charge in [-0.05, 0) is 0 Å². The summed E-state index contributed by atoms with van der Waals surface area (Å²) in [6.07, 6.45) is 0. The zero-order valence-corrected chi connectivity index (χ0v) is 13.7. The zero-order valence-electron chi connectivity index (χ0n) is 11.8. The summed E-state index contributed by atoms with van der Waals surface area (Å²) < 4.78 is 6.22. The van der Waals surface area contributed by atoms with E-state index in [0.717, 1.165) is 30.6 Å². The van der Waals surface area contributed by atoms with Crippen LogP contribution in [-0.4, -0.2) is 53.4 Å². The van der Waals surface area contributed by atoms with Gasteiger partial charge in [0.25, 0.3) is 0 Å². The number of amides is 1. The van der Waals surface area contributed by atoms with Crippen LogP contribution in [0.4, 0.5) is 5.69 Å². The fourth-order valence-electron chi connectivity index (χ4n) is 1.78. The van der Waals surface area contributed by atoms with Gasteiger partial charge in [-0.15, -0.1) is 0 Å². The first kappa shape index (κ1) is 16.1. The van der Waals surface area contributed by atoms with Crippen LogP contribution in [-0.2, 0) is 4.74 Å². The second kappa shape index (κ2) is 8.23. The molecule has 1 amide bonds. The minimum atomic E-state index is 0.0165. The first-order valence-corrected chi connectivity index (χ1v) is 8.75. The average molecular weight is 325 g/mol. The van der Waals surface area contributed by atoms with E-state index in [4.69, 9.17) is 10.5 Å². The third-order valence-electron chi connectivity index (χ3n) is 2.90. The van der Waals surface area contributed by atoms with E-state index in [1.54, 1.807) is 18.1 Å². The van der Waals surface area contributed by atoms with Crippen LogP contribution in [0.2, 0.25) is 5.21 Å². The molecule has 0 heterocycles. The Morgan fingerprint density at radius 1 is 1.37 bits per heavy atom. The van der Waals surface area contributed by atoms with Crippen molar-refractivity contribution in [3.05, 3.63) is 23.8 Å². The Morgan fingerprint density at radius 2 is 2.05 bits per heavy atom. The number of nitrogens with two attached hydrogens (primary N) is 1. The van der Waals surface area contributed by atoms with Gasteiger partial charge in [0, 0.05) is 0 Å². The van der Waals surface area contributed by atoms with Crippen molar-refractivity contribution in [1.82, 2.24) is 4.90 Å². The van der Waals surface area contributed by atoms with Crippen LogP contribution in [0.3, 0.4) is 0 Å². The van der Waals surface area contributed by atoms with Gasteiger partial charge in [0.05, 0.1) is 0 Å². The fourth-order valence-corrected chi connectivity index (χ4v) is 3.76. The molecule has 1 aromatic carbocycles. The summed E-state index contributed by atoms with van der Waals surface area (Å²) in [4.78, 5) is 14.0. The number of nitrogen functional groups attached to an aromatic ring is 1. The van der Waals surface area contributed by atoms with Crippen molar-refractivity contribution in [3.63, 3.8) is 0 Å². The van der Waals surface area contributed by atoms with E-state index in [9.17, 15) is 4.79 Å². The molecule has 105 valence electrons. The van der Waals surface area contributed by atoms with E-state index >= 15 is 0 Å². The monoisotopic (exact) mass is 325 g/mol. The summed E-state index contributed by atoms with van der Waals surface area (Å²) >= 11 is 0.0165. The molecular weight excluding hydrogens is 303 g/mol. The molecule has 0 aliphatic heterocycles. The molecule has 0 spiro atoms. The molecule has 0 atom stereocenters. The van der Waals surface area contributed by atoms with E-state index < -0.39 is 0 Å². The van der Waals surface area contributed by atoms with Gasteiger partial charge >= 0.3 is 121 Å². The molecule has 0 saturated heterocycles. The number of carbonyl (C=O) groups is 1. The maximum absolute atomic E-state index is 12.2. The molecule has 5 heteroatoms. The SMILES string of the molecule is CCN(CC)C(=O)c1ccc([As]CCOC)c(N)c1. The average Bonchev–Trinajstić information content (AvgIpc) is 2.42. The van der Waals surface area contributed by atoms with Gasteiger partial charge in [0.2, 0.25) is 0 Å². The van der Waals surface area contributed by atoms with Gasteiger partial charge < -0.3 is 0 Å². The van der Waals surface area contributed by atoms with Crippen LogP contribution in [0.25, 0.3) is 0 Å². The van der Waals surface area contributed by atoms with Crippen molar-refractivity contribution in [3.8, 4) is 0 Å². The topological polar surface area (TPSA) is 55.6 Å². The number of hydrogen-bond acceptors (Lipinski definition) is 3. The molecule has 2 N–H and O–H groups in total. The summed E-state index contributed by atoms with van der Waals surface area (Å²) in [5.41, 5.74) is 7.45. The third-order valence-corrected chi connectivity index (χ3v) is 5.32. The van der Waals surface area contributed by atoms with Crippen LogP contribution in [0.5, 0.6) is 0 Å². The molecule has 0 fully saturated rings. The molecule has 4 nitrogen and oxygen atoms in total. The number of hydrogen-bond donors (Lipinski definition) is 1. The van der Waals surface area contributed by atoms with Gasteiger partial charge in [-0.25, -0.2) is 0 Å². The number of carbonyl (C=O) groups excluding carboxylic acids is 1. The quantitative estimate of drug-likeness (QED) is 0.465. The van der Waals surface area contributed by atoms with Crippen LogP contribution in [0.1, 0.15) is 24.2 Å². The normalized spacial score (nSPS) is 11.1. The summed E-state index contributed by atoms with van der Waals surface area (Å²) in [7, 11) is 1.70. The minimum absolute atomic E-state index is 0.0165. The number of nitrogens with zero attached hydrogens (tertiary/aromatic N) is 1. The standard InChI is InChI=1S/C14H22AsN2O2/c1-4-17(5-2)14(18)11-6-7-12(13(16)10-11)15-8-9-19-3/h6-7,10H,4-5,8-9,16H2,1-3H3. The van der Waals surface area contributed by atoms with Crippen molar-refractivity contribution >= 4 is 31.7 Å². The van der Waals surface area contributed by atoms with Gasteiger partial charge in [0.15, 0.2) is 0 Å². The molecule has 0 unspecified atom stereocenters. The number of ether oxygens (including phenoxy) is 1. The molecular formula is C14H22AsN2O2. The first-order valence-electron chi connectivity index (χ1n) is 6.49. The van der Waals surface area contributed by atoms with Crippen LogP contribution in [0, 0.1) is 0 Å². The molecule has 1 radical (unpaired) electrons.